The summed E-state index contributed by atoms with van der Waals surface area (Å²) in [6.07, 6.45) is 1.29. The monoisotopic (exact) mass is 378 g/mol. The van der Waals surface area contributed by atoms with Crippen LogP contribution in [0.5, 0.6) is 0 Å². The zero-order chi connectivity index (χ0) is 19.7. The van der Waals surface area contributed by atoms with Crippen molar-refractivity contribution in [3.05, 3.63) is 53.0 Å². The zero-order valence-electron chi connectivity index (χ0n) is 16.7. The minimum absolute atomic E-state index is 0.193. The number of carbonyl (C=O) groups excluding carboxylic acids is 1. The first-order valence-electron chi connectivity index (χ1n) is 9.85. The third-order valence-corrected chi connectivity index (χ3v) is 5.49. The SMILES string of the molecule is CCc1nnc2nc(N3CCN(C(=O)Cc4ccccc4C)CC3)cc(C)n12. The van der Waals surface area contributed by atoms with Crippen LogP contribution in [0.4, 0.5) is 5.82 Å². The molecule has 28 heavy (non-hydrogen) atoms. The fourth-order valence-electron chi connectivity index (χ4n) is 3.79. The van der Waals surface area contributed by atoms with Crippen molar-refractivity contribution < 1.29 is 4.79 Å². The van der Waals surface area contributed by atoms with Gasteiger partial charge in [-0.15, -0.1) is 10.2 Å². The van der Waals surface area contributed by atoms with Gasteiger partial charge in [0.1, 0.15) is 11.6 Å². The molecule has 0 saturated carbocycles. The van der Waals surface area contributed by atoms with Crippen LogP contribution in [-0.4, -0.2) is 56.6 Å². The van der Waals surface area contributed by atoms with E-state index in [1.54, 1.807) is 0 Å². The third-order valence-electron chi connectivity index (χ3n) is 5.49. The number of fused-ring (bicyclic) bond motifs is 1. The molecule has 1 aromatic carbocycles. The Morgan fingerprint density at radius 2 is 1.82 bits per heavy atom. The highest BCUT2D eigenvalue weighted by Gasteiger charge is 2.23. The summed E-state index contributed by atoms with van der Waals surface area (Å²) in [6, 6.07) is 10.2. The van der Waals surface area contributed by atoms with Crippen molar-refractivity contribution in [1.29, 1.82) is 0 Å². The van der Waals surface area contributed by atoms with Crippen molar-refractivity contribution in [3.63, 3.8) is 0 Å². The van der Waals surface area contributed by atoms with Gasteiger partial charge in [0.2, 0.25) is 5.91 Å². The number of amides is 1. The first-order chi connectivity index (χ1) is 13.6. The van der Waals surface area contributed by atoms with E-state index in [4.69, 9.17) is 0 Å². The van der Waals surface area contributed by atoms with Crippen molar-refractivity contribution in [1.82, 2.24) is 24.5 Å². The molecule has 7 nitrogen and oxygen atoms in total. The molecule has 4 rings (SSSR count). The summed E-state index contributed by atoms with van der Waals surface area (Å²) in [4.78, 5) is 21.6. The maximum atomic E-state index is 12.7. The first-order valence-corrected chi connectivity index (χ1v) is 9.85. The summed E-state index contributed by atoms with van der Waals surface area (Å²) in [7, 11) is 0. The Bertz CT molecular complexity index is 1000. The van der Waals surface area contributed by atoms with Gasteiger partial charge in [-0.25, -0.2) is 0 Å². The Balaban J connectivity index is 1.43. The molecule has 2 aromatic heterocycles. The van der Waals surface area contributed by atoms with E-state index in [0.29, 0.717) is 25.3 Å². The standard InChI is InChI=1S/C21H26N6O/c1-4-18-23-24-21-22-19(13-16(3)27(18)21)25-9-11-26(12-10-25)20(28)14-17-8-6-5-7-15(17)2/h5-8,13H,4,9-12,14H2,1-3H3. The molecule has 1 aliphatic rings. The van der Waals surface area contributed by atoms with Crippen LogP contribution in [0, 0.1) is 13.8 Å². The number of anilines is 1. The summed E-state index contributed by atoms with van der Waals surface area (Å²) in [6.45, 7) is 9.15. The molecule has 1 amide bonds. The Morgan fingerprint density at radius 1 is 1.07 bits per heavy atom. The van der Waals surface area contributed by atoms with E-state index in [0.717, 1.165) is 42.4 Å². The fraction of sp³-hybridized carbons (Fsp3) is 0.429. The highest BCUT2D eigenvalue weighted by atomic mass is 16.2. The van der Waals surface area contributed by atoms with Gasteiger partial charge in [0.05, 0.1) is 6.42 Å². The van der Waals surface area contributed by atoms with Gasteiger partial charge in [-0.3, -0.25) is 9.20 Å². The van der Waals surface area contributed by atoms with Crippen LogP contribution < -0.4 is 4.90 Å². The summed E-state index contributed by atoms with van der Waals surface area (Å²) in [5.74, 6) is 2.67. The molecule has 3 heterocycles. The van der Waals surface area contributed by atoms with Crippen molar-refractivity contribution in [3.8, 4) is 0 Å². The minimum atomic E-state index is 0.193. The third kappa shape index (κ3) is 3.44. The van der Waals surface area contributed by atoms with Gasteiger partial charge in [-0.2, -0.15) is 4.98 Å². The number of benzene rings is 1. The number of piperazine rings is 1. The van der Waals surface area contributed by atoms with Crippen LogP contribution in [0.1, 0.15) is 29.6 Å². The molecule has 7 heteroatoms. The molecule has 146 valence electrons. The van der Waals surface area contributed by atoms with Crippen LogP contribution in [0.2, 0.25) is 0 Å². The summed E-state index contributed by atoms with van der Waals surface area (Å²) >= 11 is 0. The lowest BCUT2D eigenvalue weighted by atomic mass is 10.1. The van der Waals surface area contributed by atoms with E-state index < -0.39 is 0 Å². The van der Waals surface area contributed by atoms with Crippen LogP contribution in [0.3, 0.4) is 0 Å². The summed E-state index contributed by atoms with van der Waals surface area (Å²) in [5, 5.41) is 8.44. The van der Waals surface area contributed by atoms with E-state index in [2.05, 4.69) is 53.0 Å². The molecule has 1 fully saturated rings. The predicted octanol–water partition coefficient (Wildman–Crippen LogP) is 2.19. The lowest BCUT2D eigenvalue weighted by Gasteiger charge is -2.35. The van der Waals surface area contributed by atoms with Gasteiger partial charge in [-0.05, 0) is 25.0 Å². The van der Waals surface area contributed by atoms with E-state index >= 15 is 0 Å². The molecule has 1 aliphatic heterocycles. The maximum Gasteiger partial charge on any atom is 0.257 e. The van der Waals surface area contributed by atoms with E-state index in [9.17, 15) is 4.79 Å². The first kappa shape index (κ1) is 18.4. The summed E-state index contributed by atoms with van der Waals surface area (Å²) in [5.41, 5.74) is 3.36. The van der Waals surface area contributed by atoms with Crippen molar-refractivity contribution in [2.75, 3.05) is 31.1 Å². The highest BCUT2D eigenvalue weighted by molar-refractivity contribution is 5.79. The molecular weight excluding hydrogens is 352 g/mol. The second kappa shape index (κ2) is 7.58. The number of rotatable bonds is 4. The molecule has 0 radical (unpaired) electrons. The Kier molecular flexibility index (Phi) is 4.98. The lowest BCUT2D eigenvalue weighted by Crippen LogP contribution is -2.49. The molecular formula is C21H26N6O. The molecule has 0 spiro atoms. The number of aromatic nitrogens is 4. The number of aryl methyl sites for hydroxylation is 3. The number of carbonyl (C=O) groups is 1. The topological polar surface area (TPSA) is 66.6 Å². The number of nitrogens with zero attached hydrogens (tertiary/aromatic N) is 6. The molecule has 0 aliphatic carbocycles. The van der Waals surface area contributed by atoms with E-state index in [-0.39, 0.29) is 5.91 Å². The maximum absolute atomic E-state index is 12.7. The normalized spacial score (nSPS) is 14.7. The molecule has 0 N–H and O–H groups in total. The lowest BCUT2D eigenvalue weighted by molar-refractivity contribution is -0.130. The van der Waals surface area contributed by atoms with Gasteiger partial charge in [-0.1, -0.05) is 31.2 Å². The van der Waals surface area contributed by atoms with E-state index in [1.165, 1.54) is 5.56 Å². The van der Waals surface area contributed by atoms with Crippen molar-refractivity contribution >= 4 is 17.5 Å². The van der Waals surface area contributed by atoms with Crippen LogP contribution in [0.15, 0.2) is 30.3 Å². The van der Waals surface area contributed by atoms with Gasteiger partial charge in [0.25, 0.3) is 5.78 Å². The van der Waals surface area contributed by atoms with Crippen LogP contribution in [0.25, 0.3) is 5.78 Å². The minimum Gasteiger partial charge on any atom is -0.353 e. The van der Waals surface area contributed by atoms with Crippen molar-refractivity contribution in [2.45, 2.75) is 33.6 Å². The second-order valence-corrected chi connectivity index (χ2v) is 7.33. The fourth-order valence-corrected chi connectivity index (χ4v) is 3.79. The largest absolute Gasteiger partial charge is 0.353 e. The van der Waals surface area contributed by atoms with Crippen LogP contribution >= 0.6 is 0 Å². The quantitative estimate of drug-likeness (QED) is 0.696. The Hall–Kier alpha value is -2.96. The second-order valence-electron chi connectivity index (χ2n) is 7.33. The molecule has 0 atom stereocenters. The van der Waals surface area contributed by atoms with Gasteiger partial charge < -0.3 is 9.80 Å². The van der Waals surface area contributed by atoms with Crippen LogP contribution in [-0.2, 0) is 17.6 Å². The number of hydrogen-bond donors (Lipinski definition) is 0. The molecule has 0 bridgehead atoms. The Labute approximate surface area is 165 Å². The number of hydrogen-bond acceptors (Lipinski definition) is 5. The summed E-state index contributed by atoms with van der Waals surface area (Å²) < 4.78 is 2.01. The molecule has 3 aromatic rings. The highest BCUT2D eigenvalue weighted by Crippen LogP contribution is 2.19. The zero-order valence-corrected chi connectivity index (χ0v) is 16.7. The smallest absolute Gasteiger partial charge is 0.257 e. The average molecular weight is 378 g/mol. The van der Waals surface area contributed by atoms with Gasteiger partial charge in [0.15, 0.2) is 0 Å². The van der Waals surface area contributed by atoms with E-state index in [1.807, 2.05) is 27.5 Å². The predicted molar refractivity (Wildman–Crippen MR) is 109 cm³/mol. The molecule has 0 unspecified atom stereocenters. The molecule has 1 saturated heterocycles. The van der Waals surface area contributed by atoms with Crippen molar-refractivity contribution in [2.24, 2.45) is 0 Å². The van der Waals surface area contributed by atoms with Gasteiger partial charge in [0, 0.05) is 44.4 Å². The average Bonchev–Trinajstić information content (AvgIpc) is 3.13. The Morgan fingerprint density at radius 3 is 2.54 bits per heavy atom. The van der Waals surface area contributed by atoms with Gasteiger partial charge >= 0.3 is 0 Å².